The number of fused-ring (bicyclic) bond motifs is 1. The van der Waals surface area contributed by atoms with Crippen LogP contribution in [0.1, 0.15) is 11.3 Å². The lowest BCUT2D eigenvalue weighted by atomic mass is 10.1. The third-order valence-electron chi connectivity index (χ3n) is 2.61. The molecule has 0 atom stereocenters. The summed E-state index contributed by atoms with van der Waals surface area (Å²) < 4.78 is 0. The first-order valence-corrected chi connectivity index (χ1v) is 5.84. The Morgan fingerprint density at radius 2 is 2.06 bits per heavy atom. The topological polar surface area (TPSA) is 29.0 Å². The molecule has 1 aromatic heterocycles. The van der Waals surface area contributed by atoms with E-state index in [1.165, 1.54) is 5.56 Å². The van der Waals surface area contributed by atoms with Crippen LogP contribution in [0.2, 0.25) is 0 Å². The molecule has 0 fully saturated rings. The zero-order valence-electron chi connectivity index (χ0n) is 11.0. The van der Waals surface area contributed by atoms with Gasteiger partial charge < -0.3 is 4.90 Å². The van der Waals surface area contributed by atoms with Gasteiger partial charge in [0, 0.05) is 25.9 Å². The summed E-state index contributed by atoms with van der Waals surface area (Å²) in [5.74, 6) is 0. The first-order chi connectivity index (χ1) is 8.60. The number of hydrogen-bond donors (Lipinski definition) is 0. The Labute approximate surface area is 107 Å². The van der Waals surface area contributed by atoms with Gasteiger partial charge in [-0.2, -0.15) is 0 Å². The van der Waals surface area contributed by atoms with Gasteiger partial charge in [-0.05, 0) is 24.6 Å². The summed E-state index contributed by atoms with van der Waals surface area (Å²) >= 11 is 0. The van der Waals surface area contributed by atoms with Crippen molar-refractivity contribution >= 4 is 16.6 Å². The first kappa shape index (κ1) is 12.3. The predicted octanol–water partition coefficient (Wildman–Crippen LogP) is 3.03. The van der Waals surface area contributed by atoms with Crippen LogP contribution in [0.15, 0.2) is 43.3 Å². The molecule has 0 saturated heterocycles. The number of nitrogens with zero attached hydrogens (tertiary/aromatic N) is 3. The van der Waals surface area contributed by atoms with Crippen molar-refractivity contribution < 1.29 is 0 Å². The Morgan fingerprint density at radius 1 is 1.28 bits per heavy atom. The van der Waals surface area contributed by atoms with E-state index in [4.69, 9.17) is 0 Å². The lowest BCUT2D eigenvalue weighted by Gasteiger charge is -2.09. The van der Waals surface area contributed by atoms with Crippen LogP contribution in [0.25, 0.3) is 16.6 Å². The molecule has 0 saturated carbocycles. The third kappa shape index (κ3) is 2.56. The molecule has 92 valence electrons. The van der Waals surface area contributed by atoms with Crippen molar-refractivity contribution in [1.29, 1.82) is 0 Å². The van der Waals surface area contributed by atoms with E-state index in [9.17, 15) is 0 Å². The maximum Gasteiger partial charge on any atom is 0.0907 e. The number of rotatable bonds is 3. The number of allylic oxidation sites excluding steroid dienone is 2. The summed E-state index contributed by atoms with van der Waals surface area (Å²) in [6.07, 6.45) is 5.57. The van der Waals surface area contributed by atoms with Crippen molar-refractivity contribution in [3.05, 3.63) is 54.5 Å². The molecule has 18 heavy (non-hydrogen) atoms. The van der Waals surface area contributed by atoms with Crippen molar-refractivity contribution in [3.8, 4) is 0 Å². The Kier molecular flexibility index (Phi) is 3.42. The zero-order valence-corrected chi connectivity index (χ0v) is 11.0. The minimum Gasteiger partial charge on any atom is -0.383 e. The van der Waals surface area contributed by atoms with Crippen LogP contribution >= 0.6 is 0 Å². The van der Waals surface area contributed by atoms with Crippen molar-refractivity contribution in [3.63, 3.8) is 0 Å². The van der Waals surface area contributed by atoms with Gasteiger partial charge in [0.15, 0.2) is 0 Å². The summed E-state index contributed by atoms with van der Waals surface area (Å²) in [4.78, 5) is 11.0. The van der Waals surface area contributed by atoms with E-state index in [0.29, 0.717) is 0 Å². The fourth-order valence-corrected chi connectivity index (χ4v) is 1.76. The molecule has 0 amide bonds. The van der Waals surface area contributed by atoms with Gasteiger partial charge in [-0.25, -0.2) is 4.98 Å². The maximum atomic E-state index is 4.63. The van der Waals surface area contributed by atoms with Crippen molar-refractivity contribution in [1.82, 2.24) is 14.9 Å². The van der Waals surface area contributed by atoms with Crippen LogP contribution in [0.5, 0.6) is 0 Å². The number of aryl methyl sites for hydroxylation is 1. The molecule has 0 aliphatic rings. The highest BCUT2D eigenvalue weighted by Gasteiger charge is 2.03. The largest absolute Gasteiger partial charge is 0.383 e. The van der Waals surface area contributed by atoms with Crippen LogP contribution in [0.3, 0.4) is 0 Å². The minimum atomic E-state index is 0.844. The van der Waals surface area contributed by atoms with Gasteiger partial charge in [-0.15, -0.1) is 0 Å². The monoisotopic (exact) mass is 239 g/mol. The highest BCUT2D eigenvalue weighted by Crippen LogP contribution is 2.17. The SMILES string of the molecule is C=C/C(=C\N(C)C)c1cnc2ccc(C)cc2n1. The van der Waals surface area contributed by atoms with E-state index in [1.54, 1.807) is 12.3 Å². The molecule has 3 nitrogen and oxygen atoms in total. The summed E-state index contributed by atoms with van der Waals surface area (Å²) in [7, 11) is 3.95. The normalized spacial score (nSPS) is 11.6. The van der Waals surface area contributed by atoms with E-state index < -0.39 is 0 Å². The second kappa shape index (κ2) is 5.00. The average molecular weight is 239 g/mol. The van der Waals surface area contributed by atoms with Gasteiger partial charge >= 0.3 is 0 Å². The lowest BCUT2D eigenvalue weighted by Crippen LogP contribution is -2.03. The number of hydrogen-bond acceptors (Lipinski definition) is 3. The Bertz CT molecular complexity index is 612. The van der Waals surface area contributed by atoms with Crippen LogP contribution in [-0.2, 0) is 0 Å². The fourth-order valence-electron chi connectivity index (χ4n) is 1.76. The van der Waals surface area contributed by atoms with Crippen LogP contribution in [0.4, 0.5) is 0 Å². The van der Waals surface area contributed by atoms with Gasteiger partial charge in [-0.3, -0.25) is 4.98 Å². The second-order valence-electron chi connectivity index (χ2n) is 4.50. The average Bonchev–Trinajstić information content (AvgIpc) is 2.34. The molecule has 2 aromatic rings. The maximum absolute atomic E-state index is 4.63. The van der Waals surface area contributed by atoms with E-state index in [-0.39, 0.29) is 0 Å². The molecule has 1 aromatic carbocycles. The molecule has 1 heterocycles. The quantitative estimate of drug-likeness (QED) is 0.771. The molecule has 0 aliphatic heterocycles. The Balaban J connectivity index is 2.55. The van der Waals surface area contributed by atoms with Gasteiger partial charge in [0.1, 0.15) is 0 Å². The van der Waals surface area contributed by atoms with E-state index in [0.717, 1.165) is 22.3 Å². The van der Waals surface area contributed by atoms with E-state index in [2.05, 4.69) is 23.5 Å². The van der Waals surface area contributed by atoms with Gasteiger partial charge in [0.2, 0.25) is 0 Å². The van der Waals surface area contributed by atoms with Gasteiger partial charge in [-0.1, -0.05) is 18.7 Å². The summed E-state index contributed by atoms with van der Waals surface area (Å²) in [5, 5.41) is 0. The zero-order chi connectivity index (χ0) is 13.1. The van der Waals surface area contributed by atoms with Crippen molar-refractivity contribution in [2.24, 2.45) is 0 Å². The third-order valence-corrected chi connectivity index (χ3v) is 2.61. The standard InChI is InChI=1S/C15H17N3/c1-5-12(10-18(3)4)15-9-16-13-7-6-11(2)8-14(13)17-15/h5-10H,1H2,2-4H3/b12-10+. The molecule has 0 bridgehead atoms. The van der Waals surface area contributed by atoms with Gasteiger partial charge in [0.25, 0.3) is 0 Å². The van der Waals surface area contributed by atoms with E-state index >= 15 is 0 Å². The molecule has 0 radical (unpaired) electrons. The molecule has 2 rings (SSSR count). The lowest BCUT2D eigenvalue weighted by molar-refractivity contribution is 0.566. The number of aromatic nitrogens is 2. The molecule has 3 heteroatoms. The predicted molar refractivity (Wildman–Crippen MR) is 76.1 cm³/mol. The highest BCUT2D eigenvalue weighted by molar-refractivity contribution is 5.79. The summed E-state index contributed by atoms with van der Waals surface area (Å²) in [5.41, 5.74) is 4.83. The molecular weight excluding hydrogens is 222 g/mol. The van der Waals surface area contributed by atoms with Crippen LogP contribution < -0.4 is 0 Å². The molecule has 0 N–H and O–H groups in total. The number of benzene rings is 1. The highest BCUT2D eigenvalue weighted by atomic mass is 15.0. The van der Waals surface area contributed by atoms with Gasteiger partial charge in [0.05, 0.1) is 22.9 Å². The van der Waals surface area contributed by atoms with Crippen LogP contribution in [0, 0.1) is 6.92 Å². The molecule has 0 aliphatic carbocycles. The van der Waals surface area contributed by atoms with Crippen molar-refractivity contribution in [2.75, 3.05) is 14.1 Å². The van der Waals surface area contributed by atoms with Crippen LogP contribution in [-0.4, -0.2) is 29.0 Å². The smallest absolute Gasteiger partial charge is 0.0907 e. The Morgan fingerprint density at radius 3 is 2.72 bits per heavy atom. The summed E-state index contributed by atoms with van der Waals surface area (Å²) in [6.45, 7) is 5.88. The Hall–Kier alpha value is -2.16. The fraction of sp³-hybridized carbons (Fsp3) is 0.200. The second-order valence-corrected chi connectivity index (χ2v) is 4.50. The molecular formula is C15H17N3. The minimum absolute atomic E-state index is 0.844. The van der Waals surface area contributed by atoms with Crippen molar-refractivity contribution in [2.45, 2.75) is 6.92 Å². The molecule has 0 unspecified atom stereocenters. The molecule has 0 spiro atoms. The first-order valence-electron chi connectivity index (χ1n) is 5.84. The van der Waals surface area contributed by atoms with E-state index in [1.807, 2.05) is 43.4 Å². The summed E-state index contributed by atoms with van der Waals surface area (Å²) in [6, 6.07) is 6.08.